The first-order valence-electron chi connectivity index (χ1n) is 12.3. The molecule has 0 bridgehead atoms. The topological polar surface area (TPSA) is 61.4 Å². The van der Waals surface area contributed by atoms with Crippen molar-refractivity contribution in [1.29, 1.82) is 0 Å². The minimum absolute atomic E-state index is 0.0602. The summed E-state index contributed by atoms with van der Waals surface area (Å²) >= 11 is 1.25. The molecule has 0 radical (unpaired) electrons. The van der Waals surface area contributed by atoms with Crippen molar-refractivity contribution in [2.45, 2.75) is 42.7 Å². The predicted octanol–water partition coefficient (Wildman–Crippen LogP) is 5.79. The summed E-state index contributed by atoms with van der Waals surface area (Å²) in [5.41, 5.74) is -1.48. The molecular formula is C27H26F5N5OS. The van der Waals surface area contributed by atoms with E-state index in [1.807, 2.05) is 11.9 Å². The molecule has 0 aliphatic carbocycles. The number of carbonyl (C=O) groups is 1. The molecule has 1 amide bonds. The van der Waals surface area contributed by atoms with Crippen molar-refractivity contribution in [2.24, 2.45) is 0 Å². The van der Waals surface area contributed by atoms with Crippen molar-refractivity contribution in [1.82, 2.24) is 14.9 Å². The maximum absolute atomic E-state index is 15.0. The van der Waals surface area contributed by atoms with Crippen LogP contribution < -0.4 is 10.2 Å². The zero-order valence-electron chi connectivity index (χ0n) is 21.4. The summed E-state index contributed by atoms with van der Waals surface area (Å²) in [6.45, 7) is 2.44. The number of alkyl halides is 3. The van der Waals surface area contributed by atoms with Crippen molar-refractivity contribution < 1.29 is 26.7 Å². The van der Waals surface area contributed by atoms with E-state index < -0.39 is 34.8 Å². The van der Waals surface area contributed by atoms with Gasteiger partial charge in [-0.05, 0) is 51.4 Å². The second-order valence-electron chi connectivity index (χ2n) is 9.87. The van der Waals surface area contributed by atoms with Gasteiger partial charge in [-0.15, -0.1) is 0 Å². The number of aromatic nitrogens is 2. The number of hydrogen-bond donors (Lipinski definition) is 1. The van der Waals surface area contributed by atoms with E-state index in [1.54, 1.807) is 12.3 Å². The van der Waals surface area contributed by atoms with E-state index >= 15 is 0 Å². The van der Waals surface area contributed by atoms with Gasteiger partial charge < -0.3 is 15.1 Å². The van der Waals surface area contributed by atoms with Crippen LogP contribution in [0.25, 0.3) is 0 Å². The Bertz CT molecular complexity index is 1430. The monoisotopic (exact) mass is 563 g/mol. The lowest BCUT2D eigenvalue weighted by atomic mass is 9.76. The molecule has 12 heteroatoms. The van der Waals surface area contributed by atoms with Crippen molar-refractivity contribution in [3.63, 3.8) is 0 Å². The highest BCUT2D eigenvalue weighted by Crippen LogP contribution is 2.45. The summed E-state index contributed by atoms with van der Waals surface area (Å²) in [4.78, 5) is 26.7. The van der Waals surface area contributed by atoms with Crippen LogP contribution >= 0.6 is 11.8 Å². The number of carbonyl (C=O) groups excluding carboxylic acids is 1. The number of rotatable bonds is 5. The number of amides is 1. The Morgan fingerprint density at radius 1 is 1.10 bits per heavy atom. The molecule has 1 aromatic heterocycles. The molecule has 0 saturated carbocycles. The quantitative estimate of drug-likeness (QED) is 0.241. The number of fused-ring (bicyclic) bond motifs is 2. The van der Waals surface area contributed by atoms with Crippen molar-refractivity contribution in [3.8, 4) is 0 Å². The van der Waals surface area contributed by atoms with Crippen LogP contribution in [0, 0.1) is 11.6 Å². The van der Waals surface area contributed by atoms with Crippen molar-refractivity contribution in [3.05, 3.63) is 76.5 Å². The lowest BCUT2D eigenvalue weighted by Crippen LogP contribution is -2.53. The van der Waals surface area contributed by atoms with Gasteiger partial charge in [0.05, 0.1) is 29.5 Å². The second kappa shape index (κ2) is 10.1. The number of nitrogens with zero attached hydrogens (tertiary/aromatic N) is 4. The normalized spacial score (nSPS) is 20.4. The number of nitrogens with one attached hydrogen (secondary N) is 1. The third-order valence-corrected chi connectivity index (χ3v) is 7.90. The van der Waals surface area contributed by atoms with Gasteiger partial charge >= 0.3 is 6.18 Å². The number of anilines is 2. The zero-order chi connectivity index (χ0) is 28.1. The van der Waals surface area contributed by atoms with Crippen LogP contribution in [0.4, 0.5) is 33.5 Å². The summed E-state index contributed by atoms with van der Waals surface area (Å²) in [5, 5.41) is 3.44. The predicted molar refractivity (Wildman–Crippen MR) is 139 cm³/mol. The highest BCUT2D eigenvalue weighted by molar-refractivity contribution is 7.98. The average molecular weight is 564 g/mol. The number of benzene rings is 2. The fourth-order valence-corrected chi connectivity index (χ4v) is 5.79. The van der Waals surface area contributed by atoms with Crippen LogP contribution in [-0.2, 0) is 22.9 Å². The molecule has 1 saturated heterocycles. The molecule has 2 atom stereocenters. The van der Waals surface area contributed by atoms with Crippen LogP contribution in [0.1, 0.15) is 41.8 Å². The van der Waals surface area contributed by atoms with E-state index in [9.17, 15) is 26.7 Å². The van der Waals surface area contributed by atoms with Gasteiger partial charge in [0.15, 0.2) is 5.16 Å². The van der Waals surface area contributed by atoms with Crippen molar-refractivity contribution in [2.75, 3.05) is 36.6 Å². The van der Waals surface area contributed by atoms with E-state index in [1.165, 1.54) is 47.9 Å². The molecule has 5 rings (SSSR count). The van der Waals surface area contributed by atoms with Crippen LogP contribution in [0.15, 0.2) is 47.6 Å². The molecule has 2 aromatic carbocycles. The second-order valence-corrected chi connectivity index (χ2v) is 10.6. The van der Waals surface area contributed by atoms with Gasteiger partial charge in [-0.3, -0.25) is 4.79 Å². The Balaban J connectivity index is 1.64. The molecule has 3 aromatic rings. The SMILES string of the molecule is CSc1nc(N[C@H](C)c2cccc(C(F)(F)F)c2F)c2c(n1)C1(CCN(C)C1)C(=O)N(c1ccccc1F)C2. The summed E-state index contributed by atoms with van der Waals surface area (Å²) in [6.07, 6.45) is -2.63. The number of hydrogen-bond acceptors (Lipinski definition) is 6. The van der Waals surface area contributed by atoms with Gasteiger partial charge in [-0.1, -0.05) is 36.0 Å². The van der Waals surface area contributed by atoms with Gasteiger partial charge in [0.1, 0.15) is 22.9 Å². The maximum atomic E-state index is 15.0. The molecule has 39 heavy (non-hydrogen) atoms. The number of likely N-dealkylation sites (N-methyl/N-ethyl adjacent to an activating group) is 1. The minimum atomic E-state index is -4.85. The molecule has 1 unspecified atom stereocenters. The summed E-state index contributed by atoms with van der Waals surface area (Å²) < 4.78 is 70.0. The first kappa shape index (κ1) is 27.3. The summed E-state index contributed by atoms with van der Waals surface area (Å²) in [6, 6.07) is 8.20. The molecule has 1 fully saturated rings. The lowest BCUT2D eigenvalue weighted by molar-refractivity contribution is -0.140. The molecule has 1 N–H and O–H groups in total. The molecule has 2 aliphatic rings. The van der Waals surface area contributed by atoms with Crippen LogP contribution in [0.2, 0.25) is 0 Å². The highest BCUT2D eigenvalue weighted by Gasteiger charge is 2.53. The van der Waals surface area contributed by atoms with Gasteiger partial charge in [0.25, 0.3) is 0 Å². The summed E-state index contributed by atoms with van der Waals surface area (Å²) in [5.74, 6) is -1.95. The molecule has 6 nitrogen and oxygen atoms in total. The standard InChI is InChI=1S/C27H26F5N5OS/c1-15(16-7-6-8-18(21(16)29)27(30,31)32)33-23-17-13-37(20-10-5-4-9-19(20)28)24(38)26(11-12-36(2)14-26)22(17)34-25(35-23)39-3/h4-10,15H,11-14H2,1-3H3,(H,33,34,35)/t15-,26?/m1/s1. The van der Waals surface area contributed by atoms with E-state index in [-0.39, 0.29) is 29.5 Å². The third kappa shape index (κ3) is 4.73. The first-order chi connectivity index (χ1) is 18.5. The third-order valence-electron chi connectivity index (χ3n) is 7.35. The largest absolute Gasteiger partial charge is 0.419 e. The Morgan fingerprint density at radius 3 is 2.49 bits per heavy atom. The smallest absolute Gasteiger partial charge is 0.363 e. The molecule has 1 spiro atoms. The Morgan fingerprint density at radius 2 is 1.85 bits per heavy atom. The van der Waals surface area contributed by atoms with Gasteiger partial charge in [0, 0.05) is 17.7 Å². The Kier molecular flexibility index (Phi) is 7.04. The highest BCUT2D eigenvalue weighted by atomic mass is 32.2. The summed E-state index contributed by atoms with van der Waals surface area (Å²) in [7, 11) is 1.89. The fraction of sp³-hybridized carbons (Fsp3) is 0.370. The minimum Gasteiger partial charge on any atom is -0.363 e. The fourth-order valence-electron chi connectivity index (χ4n) is 5.43. The van der Waals surface area contributed by atoms with Crippen LogP contribution in [0.3, 0.4) is 0 Å². The lowest BCUT2D eigenvalue weighted by Gasteiger charge is -2.41. The van der Waals surface area contributed by atoms with Crippen LogP contribution in [0.5, 0.6) is 0 Å². The molecular weight excluding hydrogens is 537 g/mol. The number of likely N-dealkylation sites (tertiary alicyclic amines) is 1. The van der Waals surface area contributed by atoms with E-state index in [4.69, 9.17) is 4.98 Å². The van der Waals surface area contributed by atoms with Crippen LogP contribution in [-0.4, -0.2) is 47.2 Å². The molecule has 3 heterocycles. The van der Waals surface area contributed by atoms with Gasteiger partial charge in [-0.25, -0.2) is 18.7 Å². The maximum Gasteiger partial charge on any atom is 0.419 e. The first-order valence-corrected chi connectivity index (χ1v) is 13.5. The number of halogens is 5. The van der Waals surface area contributed by atoms with E-state index in [0.717, 1.165) is 6.07 Å². The molecule has 2 aliphatic heterocycles. The Hall–Kier alpha value is -3.25. The number of thioether (sulfide) groups is 1. The zero-order valence-corrected chi connectivity index (χ0v) is 22.3. The Labute approximate surface area is 226 Å². The van der Waals surface area contributed by atoms with E-state index in [0.29, 0.717) is 42.0 Å². The van der Waals surface area contributed by atoms with E-state index in [2.05, 4.69) is 10.3 Å². The van der Waals surface area contributed by atoms with Crippen molar-refractivity contribution >= 4 is 29.2 Å². The average Bonchev–Trinajstić information content (AvgIpc) is 3.28. The number of para-hydroxylation sites is 1. The molecule has 206 valence electrons. The van der Waals surface area contributed by atoms with Gasteiger partial charge in [-0.2, -0.15) is 13.2 Å². The van der Waals surface area contributed by atoms with Gasteiger partial charge in [0.2, 0.25) is 5.91 Å².